The Kier molecular flexibility index (Phi) is 11.2. The number of alkyl carbamates (subject to hydrolysis) is 1. The highest BCUT2D eigenvalue weighted by molar-refractivity contribution is 5.94. The molecule has 3 amide bonds. The highest BCUT2D eigenvalue weighted by Gasteiger charge is 2.45. The van der Waals surface area contributed by atoms with Gasteiger partial charge in [-0.25, -0.2) is 9.59 Å². The van der Waals surface area contributed by atoms with Crippen LogP contribution in [0.2, 0.25) is 0 Å². The highest BCUT2D eigenvalue weighted by Crippen LogP contribution is 2.36. The van der Waals surface area contributed by atoms with Crippen LogP contribution in [-0.4, -0.2) is 69.8 Å². The van der Waals surface area contributed by atoms with Crippen LogP contribution in [0.15, 0.2) is 48.5 Å². The molecule has 3 atom stereocenters. The maximum Gasteiger partial charge on any atom is 0.408 e. The molecule has 240 valence electrons. The van der Waals surface area contributed by atoms with Crippen molar-refractivity contribution in [3.05, 3.63) is 70.8 Å². The minimum atomic E-state index is -1.35. The van der Waals surface area contributed by atoms with E-state index in [1.165, 1.54) is 4.90 Å². The number of carbonyl (C=O) groups is 4. The standard InChI is InChI=1S/C34H47N3O7/c1-21-16-22(2)18-24(17-21)28(37(25-14-15-25)30(40)27(20-38)36-32(42)44-34(6,7)8)29(39)35-26(31(41)43-33(3,4)5)19-23-12-10-9-11-13-23/h9-13,16-18,25-28,38H,14-15,19-20H2,1-8H3,(H,35,39)(H,36,42). The topological polar surface area (TPSA) is 134 Å². The van der Waals surface area contributed by atoms with E-state index < -0.39 is 59.8 Å². The molecule has 0 bridgehead atoms. The molecule has 2 aromatic carbocycles. The van der Waals surface area contributed by atoms with Crippen molar-refractivity contribution in [2.45, 2.75) is 110 Å². The van der Waals surface area contributed by atoms with Crippen LogP contribution in [0.5, 0.6) is 0 Å². The number of carbonyl (C=O) groups excluding carboxylic acids is 4. The number of rotatable bonds is 11. The monoisotopic (exact) mass is 609 g/mol. The lowest BCUT2D eigenvalue weighted by Crippen LogP contribution is -2.56. The van der Waals surface area contributed by atoms with E-state index in [1.54, 1.807) is 41.5 Å². The summed E-state index contributed by atoms with van der Waals surface area (Å²) in [5.74, 6) is -1.80. The lowest BCUT2D eigenvalue weighted by atomic mass is 9.97. The summed E-state index contributed by atoms with van der Waals surface area (Å²) in [7, 11) is 0. The van der Waals surface area contributed by atoms with Gasteiger partial charge in [-0.15, -0.1) is 0 Å². The number of hydrogen-bond acceptors (Lipinski definition) is 7. The molecule has 3 N–H and O–H groups in total. The Labute approximate surface area is 260 Å². The molecule has 1 fully saturated rings. The van der Waals surface area contributed by atoms with E-state index in [4.69, 9.17) is 9.47 Å². The van der Waals surface area contributed by atoms with E-state index in [9.17, 15) is 24.3 Å². The molecule has 1 aliphatic carbocycles. The molecule has 0 saturated heterocycles. The molecule has 10 heteroatoms. The molecule has 3 unspecified atom stereocenters. The molecule has 0 heterocycles. The van der Waals surface area contributed by atoms with E-state index in [0.29, 0.717) is 18.4 Å². The largest absolute Gasteiger partial charge is 0.458 e. The number of esters is 1. The van der Waals surface area contributed by atoms with Crippen molar-refractivity contribution in [2.75, 3.05) is 6.61 Å². The summed E-state index contributed by atoms with van der Waals surface area (Å²) in [6.45, 7) is 13.4. The van der Waals surface area contributed by atoms with Crippen LogP contribution < -0.4 is 10.6 Å². The van der Waals surface area contributed by atoms with Crippen molar-refractivity contribution >= 4 is 23.9 Å². The molecule has 3 rings (SSSR count). The second-order valence-electron chi connectivity index (χ2n) is 13.5. The molecule has 44 heavy (non-hydrogen) atoms. The van der Waals surface area contributed by atoms with E-state index in [1.807, 2.05) is 62.4 Å². The molecule has 0 radical (unpaired) electrons. The average Bonchev–Trinajstić information content (AvgIpc) is 3.72. The third kappa shape index (κ3) is 10.4. The fourth-order valence-corrected chi connectivity index (χ4v) is 4.96. The maximum atomic E-state index is 14.3. The zero-order valence-corrected chi connectivity index (χ0v) is 27.1. The number of ether oxygens (including phenoxy) is 2. The van der Waals surface area contributed by atoms with E-state index >= 15 is 0 Å². The highest BCUT2D eigenvalue weighted by atomic mass is 16.6. The first-order valence-electron chi connectivity index (χ1n) is 15.1. The van der Waals surface area contributed by atoms with Gasteiger partial charge in [0.25, 0.3) is 0 Å². The van der Waals surface area contributed by atoms with E-state index in [2.05, 4.69) is 10.6 Å². The van der Waals surface area contributed by atoms with Crippen LogP contribution >= 0.6 is 0 Å². The molecule has 0 aliphatic heterocycles. The van der Waals surface area contributed by atoms with Gasteiger partial charge in [0.2, 0.25) is 11.8 Å². The molecule has 0 aromatic heterocycles. The van der Waals surface area contributed by atoms with Crippen LogP contribution in [0.3, 0.4) is 0 Å². The van der Waals surface area contributed by atoms with Crippen molar-refractivity contribution < 1.29 is 33.8 Å². The Morgan fingerprint density at radius 3 is 1.93 bits per heavy atom. The number of aliphatic hydroxyl groups excluding tert-OH is 1. The SMILES string of the molecule is Cc1cc(C)cc(C(C(=O)NC(Cc2ccccc2)C(=O)OC(C)(C)C)N(C(=O)C(CO)NC(=O)OC(C)(C)C)C2CC2)c1. The van der Waals surface area contributed by atoms with Gasteiger partial charge in [0.15, 0.2) is 0 Å². The first-order chi connectivity index (χ1) is 20.5. The third-order valence-electron chi connectivity index (χ3n) is 6.74. The Hall–Kier alpha value is -3.92. The van der Waals surface area contributed by atoms with Gasteiger partial charge in [-0.3, -0.25) is 9.59 Å². The minimum absolute atomic E-state index is 0.178. The number of amides is 3. The number of nitrogens with zero attached hydrogens (tertiary/aromatic N) is 1. The summed E-state index contributed by atoms with van der Waals surface area (Å²) in [5.41, 5.74) is 1.54. The summed E-state index contributed by atoms with van der Waals surface area (Å²) >= 11 is 0. The number of benzene rings is 2. The van der Waals surface area contributed by atoms with Crippen LogP contribution in [0.25, 0.3) is 0 Å². The molecular formula is C34H47N3O7. The Morgan fingerprint density at radius 2 is 1.43 bits per heavy atom. The van der Waals surface area contributed by atoms with Crippen LogP contribution in [0, 0.1) is 13.8 Å². The number of nitrogens with one attached hydrogen (secondary N) is 2. The predicted molar refractivity (Wildman–Crippen MR) is 167 cm³/mol. The van der Waals surface area contributed by atoms with Gasteiger partial charge >= 0.3 is 12.1 Å². The lowest BCUT2D eigenvalue weighted by Gasteiger charge is -2.35. The second-order valence-corrected chi connectivity index (χ2v) is 13.5. The zero-order chi connectivity index (χ0) is 32.8. The Morgan fingerprint density at radius 1 is 0.864 bits per heavy atom. The lowest BCUT2D eigenvalue weighted by molar-refractivity contribution is -0.159. The van der Waals surface area contributed by atoms with Gasteiger partial charge in [-0.05, 0) is 79.4 Å². The van der Waals surface area contributed by atoms with Crippen LogP contribution in [-0.2, 0) is 30.3 Å². The first kappa shape index (κ1) is 34.6. The quantitative estimate of drug-likeness (QED) is 0.324. The van der Waals surface area contributed by atoms with Crippen molar-refractivity contribution in [3.63, 3.8) is 0 Å². The van der Waals surface area contributed by atoms with Gasteiger partial charge < -0.3 is 30.1 Å². The van der Waals surface area contributed by atoms with E-state index in [-0.39, 0.29) is 12.5 Å². The molecule has 1 saturated carbocycles. The summed E-state index contributed by atoms with van der Waals surface area (Å²) < 4.78 is 11.0. The molecule has 10 nitrogen and oxygen atoms in total. The summed E-state index contributed by atoms with van der Waals surface area (Å²) in [4.78, 5) is 55.8. The maximum absolute atomic E-state index is 14.3. The number of hydrogen-bond donors (Lipinski definition) is 3. The smallest absolute Gasteiger partial charge is 0.408 e. The predicted octanol–water partition coefficient (Wildman–Crippen LogP) is 4.29. The van der Waals surface area contributed by atoms with Crippen LogP contribution in [0.4, 0.5) is 4.79 Å². The fraction of sp³-hybridized carbons (Fsp3) is 0.529. The first-order valence-corrected chi connectivity index (χ1v) is 15.1. The second kappa shape index (κ2) is 14.2. The molecule has 1 aliphatic rings. The third-order valence-corrected chi connectivity index (χ3v) is 6.74. The molecule has 2 aromatic rings. The van der Waals surface area contributed by atoms with Gasteiger partial charge in [0.1, 0.15) is 29.3 Å². The minimum Gasteiger partial charge on any atom is -0.458 e. The summed E-state index contributed by atoms with van der Waals surface area (Å²) in [5, 5.41) is 15.5. The average molecular weight is 610 g/mol. The van der Waals surface area contributed by atoms with Crippen LogP contribution in [0.1, 0.15) is 82.7 Å². The number of aryl methyl sites for hydroxylation is 2. The summed E-state index contributed by atoms with van der Waals surface area (Å²) in [6.07, 6.45) is 0.605. The van der Waals surface area contributed by atoms with Crippen molar-refractivity contribution in [1.29, 1.82) is 0 Å². The molecular weight excluding hydrogens is 562 g/mol. The van der Waals surface area contributed by atoms with Gasteiger partial charge in [-0.1, -0.05) is 59.7 Å². The molecule has 0 spiro atoms. The Balaban J connectivity index is 2.02. The fourth-order valence-electron chi connectivity index (χ4n) is 4.96. The van der Waals surface area contributed by atoms with Gasteiger partial charge in [0.05, 0.1) is 6.61 Å². The van der Waals surface area contributed by atoms with Gasteiger partial charge in [0, 0.05) is 12.5 Å². The van der Waals surface area contributed by atoms with Gasteiger partial charge in [-0.2, -0.15) is 0 Å². The zero-order valence-electron chi connectivity index (χ0n) is 27.1. The van der Waals surface area contributed by atoms with E-state index in [0.717, 1.165) is 16.7 Å². The number of aliphatic hydroxyl groups is 1. The summed E-state index contributed by atoms with van der Waals surface area (Å²) in [6, 6.07) is 11.1. The Bertz CT molecular complexity index is 1310. The van der Waals surface area contributed by atoms with Crippen molar-refractivity contribution in [2.24, 2.45) is 0 Å². The van der Waals surface area contributed by atoms with Crippen molar-refractivity contribution in [1.82, 2.24) is 15.5 Å². The van der Waals surface area contributed by atoms with Crippen molar-refractivity contribution in [3.8, 4) is 0 Å². The normalized spacial score (nSPS) is 15.4.